The Balaban J connectivity index is 2.32. The monoisotopic (exact) mass is 258 g/mol. The minimum Gasteiger partial charge on any atom is -0.313 e. The number of imidazole rings is 1. The Hall–Kier alpha value is -1.68. The van der Waals surface area contributed by atoms with Crippen LogP contribution in [0.4, 0.5) is 0 Å². The van der Waals surface area contributed by atoms with E-state index in [1.165, 1.54) is 5.56 Å². The number of aromatic nitrogens is 3. The molecule has 0 amide bonds. The first-order valence-electron chi connectivity index (χ1n) is 6.95. The van der Waals surface area contributed by atoms with Crippen molar-refractivity contribution in [2.75, 3.05) is 6.54 Å². The van der Waals surface area contributed by atoms with E-state index in [9.17, 15) is 0 Å². The molecule has 4 heteroatoms. The third-order valence-corrected chi connectivity index (χ3v) is 3.02. The highest BCUT2D eigenvalue weighted by atomic mass is 15.1. The van der Waals surface area contributed by atoms with Crippen LogP contribution in [0.1, 0.15) is 37.4 Å². The van der Waals surface area contributed by atoms with Crippen molar-refractivity contribution in [2.24, 2.45) is 0 Å². The highest BCUT2D eigenvalue weighted by Gasteiger charge is 2.07. The standard InChI is InChI=1S/C15H22N4/c1-4-6-14-17-7-8-19(14)15-10-13(11-16-5-2)9-12(3)18-15/h7-10,16H,4-6,11H2,1-3H3. The molecule has 0 aliphatic heterocycles. The molecule has 19 heavy (non-hydrogen) atoms. The topological polar surface area (TPSA) is 42.7 Å². The van der Waals surface area contributed by atoms with Crippen LogP contribution in [0.25, 0.3) is 5.82 Å². The lowest BCUT2D eigenvalue weighted by Crippen LogP contribution is -2.13. The Labute approximate surface area is 114 Å². The Morgan fingerprint density at radius 2 is 2.11 bits per heavy atom. The third-order valence-electron chi connectivity index (χ3n) is 3.02. The van der Waals surface area contributed by atoms with Crippen LogP contribution in [-0.2, 0) is 13.0 Å². The summed E-state index contributed by atoms with van der Waals surface area (Å²) in [5, 5.41) is 3.35. The van der Waals surface area contributed by atoms with Gasteiger partial charge in [-0.1, -0.05) is 13.8 Å². The van der Waals surface area contributed by atoms with E-state index in [0.717, 1.165) is 43.3 Å². The first-order chi connectivity index (χ1) is 9.24. The van der Waals surface area contributed by atoms with Gasteiger partial charge in [0.2, 0.25) is 0 Å². The van der Waals surface area contributed by atoms with Crippen LogP contribution >= 0.6 is 0 Å². The van der Waals surface area contributed by atoms with Gasteiger partial charge >= 0.3 is 0 Å². The zero-order valence-corrected chi connectivity index (χ0v) is 12.0. The van der Waals surface area contributed by atoms with E-state index in [2.05, 4.69) is 45.8 Å². The molecule has 0 spiro atoms. The van der Waals surface area contributed by atoms with Crippen LogP contribution in [0.5, 0.6) is 0 Å². The fourth-order valence-corrected chi connectivity index (χ4v) is 2.17. The first kappa shape index (κ1) is 13.7. The van der Waals surface area contributed by atoms with Crippen LogP contribution in [0.15, 0.2) is 24.5 Å². The zero-order valence-electron chi connectivity index (χ0n) is 12.0. The van der Waals surface area contributed by atoms with Crippen LogP contribution in [-0.4, -0.2) is 21.1 Å². The van der Waals surface area contributed by atoms with E-state index in [4.69, 9.17) is 0 Å². The van der Waals surface area contributed by atoms with E-state index in [-0.39, 0.29) is 0 Å². The lowest BCUT2D eigenvalue weighted by Gasteiger charge is -2.10. The number of hydrogen-bond acceptors (Lipinski definition) is 3. The third kappa shape index (κ3) is 3.41. The van der Waals surface area contributed by atoms with Crippen molar-refractivity contribution in [3.8, 4) is 5.82 Å². The van der Waals surface area contributed by atoms with Crippen LogP contribution in [0.2, 0.25) is 0 Å². The second-order valence-corrected chi connectivity index (χ2v) is 4.72. The summed E-state index contributed by atoms with van der Waals surface area (Å²) < 4.78 is 2.09. The molecule has 0 unspecified atom stereocenters. The second-order valence-electron chi connectivity index (χ2n) is 4.72. The maximum absolute atomic E-state index is 4.62. The number of hydrogen-bond donors (Lipinski definition) is 1. The van der Waals surface area contributed by atoms with Gasteiger partial charge in [-0.2, -0.15) is 0 Å². The van der Waals surface area contributed by atoms with Gasteiger partial charge in [0.15, 0.2) is 0 Å². The van der Waals surface area contributed by atoms with Crippen molar-refractivity contribution in [1.82, 2.24) is 19.9 Å². The molecule has 2 aromatic heterocycles. The Morgan fingerprint density at radius 3 is 2.84 bits per heavy atom. The highest BCUT2D eigenvalue weighted by molar-refractivity contribution is 5.32. The zero-order chi connectivity index (χ0) is 13.7. The van der Waals surface area contributed by atoms with Gasteiger partial charge in [0.25, 0.3) is 0 Å². The predicted octanol–water partition coefficient (Wildman–Crippen LogP) is 2.64. The number of rotatable bonds is 6. The molecule has 0 atom stereocenters. The van der Waals surface area contributed by atoms with Crippen molar-refractivity contribution in [3.63, 3.8) is 0 Å². The molecule has 0 aromatic carbocycles. The van der Waals surface area contributed by atoms with Gasteiger partial charge in [-0.25, -0.2) is 9.97 Å². The summed E-state index contributed by atoms with van der Waals surface area (Å²) in [6, 6.07) is 4.26. The quantitative estimate of drug-likeness (QED) is 0.866. The fourth-order valence-electron chi connectivity index (χ4n) is 2.17. The van der Waals surface area contributed by atoms with Gasteiger partial charge in [0, 0.05) is 31.1 Å². The van der Waals surface area contributed by atoms with E-state index in [1.807, 2.05) is 19.3 Å². The lowest BCUT2D eigenvalue weighted by molar-refractivity contribution is 0.722. The van der Waals surface area contributed by atoms with E-state index < -0.39 is 0 Å². The van der Waals surface area contributed by atoms with E-state index in [0.29, 0.717) is 0 Å². The second kappa shape index (κ2) is 6.48. The summed E-state index contributed by atoms with van der Waals surface area (Å²) in [5.74, 6) is 2.05. The maximum Gasteiger partial charge on any atom is 0.138 e. The van der Waals surface area contributed by atoms with E-state index in [1.54, 1.807) is 0 Å². The van der Waals surface area contributed by atoms with Crippen molar-refractivity contribution >= 4 is 0 Å². The van der Waals surface area contributed by atoms with Crippen LogP contribution in [0.3, 0.4) is 0 Å². The molecular formula is C15H22N4. The van der Waals surface area contributed by atoms with Crippen LogP contribution < -0.4 is 5.32 Å². The summed E-state index contributed by atoms with van der Waals surface area (Å²) in [6.07, 6.45) is 5.90. The molecule has 1 N–H and O–H groups in total. The number of aryl methyl sites for hydroxylation is 2. The molecule has 2 aromatic rings. The molecule has 0 saturated carbocycles. The van der Waals surface area contributed by atoms with Gasteiger partial charge in [0.1, 0.15) is 11.6 Å². The highest BCUT2D eigenvalue weighted by Crippen LogP contribution is 2.13. The molecule has 0 radical (unpaired) electrons. The summed E-state index contributed by atoms with van der Waals surface area (Å²) in [5.41, 5.74) is 2.31. The fraction of sp³-hybridized carbons (Fsp3) is 0.467. The van der Waals surface area contributed by atoms with Gasteiger partial charge in [-0.3, -0.25) is 4.57 Å². The summed E-state index contributed by atoms with van der Waals surface area (Å²) in [4.78, 5) is 9.03. The smallest absolute Gasteiger partial charge is 0.138 e. The van der Waals surface area contributed by atoms with Gasteiger partial charge in [-0.05, 0) is 37.6 Å². The van der Waals surface area contributed by atoms with Gasteiger partial charge in [-0.15, -0.1) is 0 Å². The number of nitrogens with one attached hydrogen (secondary N) is 1. The average Bonchev–Trinajstić information content (AvgIpc) is 2.84. The Bertz CT molecular complexity index is 531. The summed E-state index contributed by atoms with van der Waals surface area (Å²) in [7, 11) is 0. The minimum atomic E-state index is 0.880. The minimum absolute atomic E-state index is 0.880. The lowest BCUT2D eigenvalue weighted by atomic mass is 10.2. The molecular weight excluding hydrogens is 236 g/mol. The first-order valence-corrected chi connectivity index (χ1v) is 6.95. The Kier molecular flexibility index (Phi) is 4.68. The Morgan fingerprint density at radius 1 is 1.26 bits per heavy atom. The van der Waals surface area contributed by atoms with Crippen molar-refractivity contribution in [3.05, 3.63) is 41.6 Å². The molecule has 0 saturated heterocycles. The molecule has 102 valence electrons. The van der Waals surface area contributed by atoms with Crippen LogP contribution in [0, 0.1) is 6.92 Å². The van der Waals surface area contributed by atoms with Gasteiger partial charge < -0.3 is 5.32 Å². The van der Waals surface area contributed by atoms with E-state index >= 15 is 0 Å². The molecule has 2 rings (SSSR count). The van der Waals surface area contributed by atoms with Gasteiger partial charge in [0.05, 0.1) is 0 Å². The number of nitrogens with zero attached hydrogens (tertiary/aromatic N) is 3. The largest absolute Gasteiger partial charge is 0.313 e. The predicted molar refractivity (Wildman–Crippen MR) is 77.5 cm³/mol. The normalized spacial score (nSPS) is 10.9. The van der Waals surface area contributed by atoms with Crippen molar-refractivity contribution in [1.29, 1.82) is 0 Å². The average molecular weight is 258 g/mol. The summed E-state index contributed by atoms with van der Waals surface area (Å²) in [6.45, 7) is 8.17. The molecule has 4 nitrogen and oxygen atoms in total. The molecule has 0 aliphatic carbocycles. The number of pyridine rings is 1. The molecule has 0 aliphatic rings. The summed E-state index contributed by atoms with van der Waals surface area (Å²) >= 11 is 0. The van der Waals surface area contributed by atoms with Crippen molar-refractivity contribution < 1.29 is 0 Å². The maximum atomic E-state index is 4.62. The molecule has 0 fully saturated rings. The SMILES string of the molecule is CCCc1nccn1-c1cc(CNCC)cc(C)n1. The van der Waals surface area contributed by atoms with Crippen molar-refractivity contribution in [2.45, 2.75) is 40.2 Å². The molecule has 0 bridgehead atoms. The molecule has 2 heterocycles.